The lowest BCUT2D eigenvalue weighted by Gasteiger charge is -2.07. The summed E-state index contributed by atoms with van der Waals surface area (Å²) in [6.07, 6.45) is 0. The second-order valence-electron chi connectivity index (χ2n) is 3.53. The monoisotopic (exact) mass is 281 g/mol. The fourth-order valence-corrected chi connectivity index (χ4v) is 2.10. The number of halogens is 1. The molecule has 16 heavy (non-hydrogen) atoms. The minimum absolute atomic E-state index is 0.0859. The van der Waals surface area contributed by atoms with E-state index in [0.717, 1.165) is 21.3 Å². The summed E-state index contributed by atoms with van der Waals surface area (Å²) in [5, 5.41) is 1.55. The maximum atomic E-state index is 11.8. The second kappa shape index (κ2) is 4.29. The first-order valence-corrected chi connectivity index (χ1v) is 5.87. The van der Waals surface area contributed by atoms with Gasteiger partial charge in [0, 0.05) is 15.6 Å². The molecule has 4 heteroatoms. The van der Waals surface area contributed by atoms with Crippen LogP contribution in [0.5, 0.6) is 5.75 Å². The zero-order valence-electron chi connectivity index (χ0n) is 9.13. The van der Waals surface area contributed by atoms with Crippen LogP contribution in [0, 0.1) is 6.92 Å². The summed E-state index contributed by atoms with van der Waals surface area (Å²) < 4.78 is 6.29. The second-order valence-corrected chi connectivity index (χ2v) is 4.33. The number of H-pyrrole nitrogens is 1. The van der Waals surface area contributed by atoms with Gasteiger partial charge in [0.25, 0.3) is 5.56 Å². The van der Waals surface area contributed by atoms with Crippen molar-refractivity contribution in [3.63, 3.8) is 0 Å². The number of aromatic amines is 1. The summed E-state index contributed by atoms with van der Waals surface area (Å²) in [6.45, 7) is 4.37. The predicted octanol–water partition coefficient (Wildman–Crippen LogP) is 3.00. The molecule has 1 aromatic heterocycles. The van der Waals surface area contributed by atoms with E-state index in [1.54, 1.807) is 6.07 Å². The molecule has 84 valence electrons. The minimum atomic E-state index is -0.0859. The Bertz CT molecular complexity index is 589. The van der Waals surface area contributed by atoms with E-state index in [2.05, 4.69) is 20.9 Å². The van der Waals surface area contributed by atoms with Crippen molar-refractivity contribution in [3.8, 4) is 5.75 Å². The molecule has 1 heterocycles. The molecule has 0 fully saturated rings. The summed E-state index contributed by atoms with van der Waals surface area (Å²) in [6, 6.07) is 5.53. The highest BCUT2D eigenvalue weighted by Crippen LogP contribution is 2.26. The van der Waals surface area contributed by atoms with Crippen molar-refractivity contribution in [3.05, 3.63) is 38.7 Å². The number of fused-ring (bicyclic) bond motifs is 1. The normalized spacial score (nSPS) is 10.7. The lowest BCUT2D eigenvalue weighted by Crippen LogP contribution is -2.08. The lowest BCUT2D eigenvalue weighted by atomic mass is 10.1. The molecule has 2 rings (SSSR count). The quantitative estimate of drug-likeness (QED) is 0.920. The highest BCUT2D eigenvalue weighted by molar-refractivity contribution is 9.10. The Labute approximate surface area is 102 Å². The van der Waals surface area contributed by atoms with E-state index >= 15 is 0 Å². The molecule has 0 saturated carbocycles. The molecule has 0 spiro atoms. The molecule has 0 aliphatic heterocycles. The number of rotatable bonds is 2. The number of aromatic nitrogens is 1. The van der Waals surface area contributed by atoms with E-state index in [9.17, 15) is 4.79 Å². The molecule has 2 aromatic rings. The fraction of sp³-hybridized carbons (Fsp3) is 0.250. The van der Waals surface area contributed by atoms with Crippen molar-refractivity contribution in [2.75, 3.05) is 6.61 Å². The minimum Gasteiger partial charge on any atom is -0.494 e. The number of aryl methyl sites for hydroxylation is 1. The highest BCUT2D eigenvalue weighted by Gasteiger charge is 2.07. The van der Waals surface area contributed by atoms with Gasteiger partial charge < -0.3 is 9.72 Å². The van der Waals surface area contributed by atoms with E-state index in [4.69, 9.17) is 4.74 Å². The SMILES string of the molecule is CCOc1ccc2c(Br)c(C)[nH]c(=O)c2c1. The number of hydrogen-bond acceptors (Lipinski definition) is 2. The van der Waals surface area contributed by atoms with Gasteiger partial charge in [-0.05, 0) is 48.0 Å². The van der Waals surface area contributed by atoms with Crippen LogP contribution in [-0.2, 0) is 0 Å². The van der Waals surface area contributed by atoms with Crippen molar-refractivity contribution in [1.29, 1.82) is 0 Å². The third-order valence-electron chi connectivity index (χ3n) is 2.41. The molecule has 1 aromatic carbocycles. The van der Waals surface area contributed by atoms with Crippen molar-refractivity contribution < 1.29 is 4.74 Å². The summed E-state index contributed by atoms with van der Waals surface area (Å²) >= 11 is 3.47. The Morgan fingerprint density at radius 1 is 1.38 bits per heavy atom. The molecular formula is C12H12BrNO2. The topological polar surface area (TPSA) is 42.1 Å². The molecule has 0 radical (unpaired) electrons. The van der Waals surface area contributed by atoms with Crippen molar-refractivity contribution >= 4 is 26.7 Å². The zero-order valence-corrected chi connectivity index (χ0v) is 10.7. The average molecular weight is 282 g/mol. The molecule has 0 saturated heterocycles. The van der Waals surface area contributed by atoms with Gasteiger partial charge in [0.2, 0.25) is 0 Å². The Hall–Kier alpha value is -1.29. The summed E-state index contributed by atoms with van der Waals surface area (Å²) in [7, 11) is 0. The first kappa shape index (κ1) is 11.2. The predicted molar refractivity (Wildman–Crippen MR) is 68.2 cm³/mol. The van der Waals surface area contributed by atoms with Gasteiger partial charge in [-0.1, -0.05) is 0 Å². The van der Waals surface area contributed by atoms with E-state index in [1.807, 2.05) is 26.0 Å². The number of nitrogens with one attached hydrogen (secondary N) is 1. The number of hydrogen-bond donors (Lipinski definition) is 1. The molecule has 0 aliphatic rings. The molecule has 0 amide bonds. The zero-order chi connectivity index (χ0) is 11.7. The number of benzene rings is 1. The molecule has 1 N–H and O–H groups in total. The molecule has 0 aliphatic carbocycles. The molecular weight excluding hydrogens is 270 g/mol. The Balaban J connectivity index is 2.75. The summed E-state index contributed by atoms with van der Waals surface area (Å²) in [5.74, 6) is 0.719. The van der Waals surface area contributed by atoms with Gasteiger partial charge in [-0.3, -0.25) is 4.79 Å². The van der Waals surface area contributed by atoms with Crippen LogP contribution in [0.25, 0.3) is 10.8 Å². The van der Waals surface area contributed by atoms with Crippen LogP contribution in [0.1, 0.15) is 12.6 Å². The van der Waals surface area contributed by atoms with Gasteiger partial charge in [-0.15, -0.1) is 0 Å². The number of ether oxygens (including phenoxy) is 1. The van der Waals surface area contributed by atoms with Crippen LogP contribution < -0.4 is 10.3 Å². The van der Waals surface area contributed by atoms with Crippen molar-refractivity contribution in [1.82, 2.24) is 4.98 Å². The van der Waals surface area contributed by atoms with Crippen LogP contribution in [0.3, 0.4) is 0 Å². The van der Waals surface area contributed by atoms with E-state index in [-0.39, 0.29) is 5.56 Å². The standard InChI is InChI=1S/C12H12BrNO2/c1-3-16-8-4-5-9-10(6-8)12(15)14-7(2)11(9)13/h4-6H,3H2,1-2H3,(H,14,15). The van der Waals surface area contributed by atoms with Crippen molar-refractivity contribution in [2.45, 2.75) is 13.8 Å². The molecule has 0 atom stereocenters. The Kier molecular flexibility index (Phi) is 3.01. The first-order valence-electron chi connectivity index (χ1n) is 5.08. The summed E-state index contributed by atoms with van der Waals surface area (Å²) in [4.78, 5) is 14.6. The molecule has 0 unspecified atom stereocenters. The smallest absolute Gasteiger partial charge is 0.256 e. The van der Waals surface area contributed by atoms with Crippen molar-refractivity contribution in [2.24, 2.45) is 0 Å². The van der Waals surface area contributed by atoms with Gasteiger partial charge in [0.1, 0.15) is 5.75 Å². The highest BCUT2D eigenvalue weighted by atomic mass is 79.9. The van der Waals surface area contributed by atoms with E-state index in [0.29, 0.717) is 12.0 Å². The maximum absolute atomic E-state index is 11.8. The van der Waals surface area contributed by atoms with Gasteiger partial charge in [-0.2, -0.15) is 0 Å². The third-order valence-corrected chi connectivity index (χ3v) is 3.44. The van der Waals surface area contributed by atoms with Gasteiger partial charge in [0.05, 0.1) is 12.0 Å². The van der Waals surface area contributed by atoms with Crippen LogP contribution in [0.15, 0.2) is 27.5 Å². The van der Waals surface area contributed by atoms with Gasteiger partial charge in [-0.25, -0.2) is 0 Å². The molecule has 0 bridgehead atoms. The van der Waals surface area contributed by atoms with E-state index < -0.39 is 0 Å². The Morgan fingerprint density at radius 2 is 2.12 bits per heavy atom. The van der Waals surface area contributed by atoms with Crippen LogP contribution >= 0.6 is 15.9 Å². The van der Waals surface area contributed by atoms with Crippen LogP contribution in [-0.4, -0.2) is 11.6 Å². The lowest BCUT2D eigenvalue weighted by molar-refractivity contribution is 0.340. The average Bonchev–Trinajstić information content (AvgIpc) is 2.27. The first-order chi connectivity index (χ1) is 7.63. The third kappa shape index (κ3) is 1.85. The van der Waals surface area contributed by atoms with Crippen LogP contribution in [0.4, 0.5) is 0 Å². The summed E-state index contributed by atoms with van der Waals surface area (Å²) in [5.41, 5.74) is 0.749. The fourth-order valence-electron chi connectivity index (χ4n) is 1.65. The largest absolute Gasteiger partial charge is 0.494 e. The number of pyridine rings is 1. The van der Waals surface area contributed by atoms with Gasteiger partial charge in [0.15, 0.2) is 0 Å². The molecule has 3 nitrogen and oxygen atoms in total. The maximum Gasteiger partial charge on any atom is 0.256 e. The van der Waals surface area contributed by atoms with Gasteiger partial charge >= 0.3 is 0 Å². The van der Waals surface area contributed by atoms with E-state index in [1.165, 1.54) is 0 Å². The van der Waals surface area contributed by atoms with Crippen LogP contribution in [0.2, 0.25) is 0 Å². The Morgan fingerprint density at radius 3 is 2.81 bits per heavy atom.